The number of carbonyl (C=O) groups is 3. The quantitative estimate of drug-likeness (QED) is 0.0672. The van der Waals surface area contributed by atoms with Gasteiger partial charge in [-0.3, -0.25) is 18.9 Å². The Morgan fingerprint density at radius 3 is 2.25 bits per heavy atom. The van der Waals surface area contributed by atoms with Crippen molar-refractivity contribution in [2.24, 2.45) is 5.92 Å². The molecule has 2 aromatic rings. The van der Waals surface area contributed by atoms with Gasteiger partial charge in [-0.15, -0.1) is 0 Å². The molecule has 0 amide bonds. The fraction of sp³-hybridized carbons (Fsp3) is 0.442. The number of Topliss-reactive ketones (excluding diaryl/α,β-unsaturated/α-hetero) is 2. The molecule has 1 unspecified atom stereocenters. The van der Waals surface area contributed by atoms with Gasteiger partial charge in [-0.2, -0.15) is 13.0 Å². The molecule has 0 fully saturated rings. The molecule has 0 radical (unpaired) electrons. The monoisotopic (exact) mass is 743 g/mol. The molecule has 2 aliphatic heterocycles. The Hall–Kier alpha value is -4.41. The number of allylic oxidation sites excluding steroid dienone is 8. The van der Waals surface area contributed by atoms with Gasteiger partial charge >= 0.3 is 5.97 Å². The molecular formula is C43H55N2O7S+. The third-order valence-electron chi connectivity index (χ3n) is 10.6. The van der Waals surface area contributed by atoms with E-state index in [0.29, 0.717) is 19.4 Å². The Morgan fingerprint density at radius 2 is 1.58 bits per heavy atom. The van der Waals surface area contributed by atoms with Crippen molar-refractivity contribution in [3.05, 3.63) is 101 Å². The number of ketones is 2. The van der Waals surface area contributed by atoms with Gasteiger partial charge in [0.2, 0.25) is 5.69 Å². The third-order valence-corrected chi connectivity index (χ3v) is 11.4. The van der Waals surface area contributed by atoms with E-state index in [1.165, 1.54) is 35.5 Å². The van der Waals surface area contributed by atoms with Gasteiger partial charge in [0, 0.05) is 72.7 Å². The van der Waals surface area contributed by atoms with Gasteiger partial charge in [-0.1, -0.05) is 61.9 Å². The van der Waals surface area contributed by atoms with Crippen molar-refractivity contribution in [2.45, 2.75) is 109 Å². The zero-order valence-corrected chi connectivity index (χ0v) is 33.0. The number of aryl methyl sites for hydroxylation is 1. The highest BCUT2D eigenvalue weighted by atomic mass is 32.2. The summed E-state index contributed by atoms with van der Waals surface area (Å²) in [6.07, 6.45) is 16.8. The molecular weight excluding hydrogens is 689 g/mol. The van der Waals surface area contributed by atoms with Crippen LogP contribution in [0.25, 0.3) is 0 Å². The highest BCUT2D eigenvalue weighted by molar-refractivity contribution is 7.85. The van der Waals surface area contributed by atoms with Crippen LogP contribution in [0.5, 0.6) is 0 Å². The molecule has 0 saturated heterocycles. The molecule has 0 spiro atoms. The van der Waals surface area contributed by atoms with Crippen molar-refractivity contribution in [3.63, 3.8) is 0 Å². The molecule has 0 aromatic heterocycles. The summed E-state index contributed by atoms with van der Waals surface area (Å²) in [6.45, 7) is 15.8. The number of hydrogen-bond donors (Lipinski definition) is 2. The number of nitrogens with zero attached hydrogens (tertiary/aromatic N) is 2. The molecule has 4 rings (SSSR count). The van der Waals surface area contributed by atoms with Gasteiger partial charge in [-0.25, -0.2) is 0 Å². The number of unbranched alkanes of at least 4 members (excludes halogenated alkanes) is 2. The van der Waals surface area contributed by atoms with Crippen LogP contribution in [0.2, 0.25) is 0 Å². The van der Waals surface area contributed by atoms with Crippen LogP contribution >= 0.6 is 0 Å². The number of likely N-dealkylation sites (N-methyl/N-ethyl adjacent to an activating group) is 1. The second-order valence-corrected chi connectivity index (χ2v) is 16.6. The Kier molecular flexibility index (Phi) is 13.4. The van der Waals surface area contributed by atoms with Gasteiger partial charge in [0.15, 0.2) is 5.71 Å². The molecule has 2 aliphatic rings. The zero-order valence-electron chi connectivity index (χ0n) is 32.2. The van der Waals surface area contributed by atoms with Crippen molar-refractivity contribution >= 4 is 44.7 Å². The van der Waals surface area contributed by atoms with E-state index >= 15 is 0 Å². The van der Waals surface area contributed by atoms with E-state index in [9.17, 15) is 27.4 Å². The van der Waals surface area contributed by atoms with Crippen LogP contribution in [0.15, 0.2) is 89.5 Å². The summed E-state index contributed by atoms with van der Waals surface area (Å²) >= 11 is 0. The lowest BCUT2D eigenvalue weighted by Gasteiger charge is -2.25. The molecule has 284 valence electrons. The van der Waals surface area contributed by atoms with E-state index in [1.807, 2.05) is 44.2 Å². The number of carbonyl (C=O) groups excluding carboxylic acids is 2. The second kappa shape index (κ2) is 17.2. The van der Waals surface area contributed by atoms with Crippen LogP contribution in [0.3, 0.4) is 0 Å². The van der Waals surface area contributed by atoms with Crippen LogP contribution in [-0.4, -0.2) is 59.0 Å². The van der Waals surface area contributed by atoms with Gasteiger partial charge < -0.3 is 10.0 Å². The second-order valence-electron chi connectivity index (χ2n) is 15.2. The Labute approximate surface area is 315 Å². The molecule has 2 N–H and O–H groups in total. The smallest absolute Gasteiger partial charge is 0.303 e. The summed E-state index contributed by atoms with van der Waals surface area (Å²) in [5, 5.41) is 8.96. The predicted molar refractivity (Wildman–Crippen MR) is 211 cm³/mol. The van der Waals surface area contributed by atoms with E-state index in [1.54, 1.807) is 12.1 Å². The number of carboxylic acid groups (broad SMARTS) is 1. The number of benzene rings is 2. The van der Waals surface area contributed by atoms with E-state index in [-0.39, 0.29) is 41.1 Å². The van der Waals surface area contributed by atoms with Gasteiger partial charge in [0.25, 0.3) is 10.1 Å². The Morgan fingerprint density at radius 1 is 0.887 bits per heavy atom. The van der Waals surface area contributed by atoms with Crippen molar-refractivity contribution in [2.75, 3.05) is 18.0 Å². The summed E-state index contributed by atoms with van der Waals surface area (Å²) in [5.41, 5.74) is 7.08. The SMILES string of the molecule is CCN1C(=CC=CC=CC=CC2=[N+](CCCCCC(=O)CC(CCC(=O)O)C(C)=O)c3ccc(S(=O)(=O)O)cc3C2(C)C)C(C)(C)c2cc(C)ccc21. The minimum absolute atomic E-state index is 0.0389. The average Bonchev–Trinajstić information content (AvgIpc) is 3.42. The maximum absolute atomic E-state index is 12.6. The van der Waals surface area contributed by atoms with Gasteiger partial charge in [0.05, 0.1) is 10.3 Å². The maximum atomic E-state index is 12.6. The molecule has 0 aliphatic carbocycles. The highest BCUT2D eigenvalue weighted by Gasteiger charge is 2.45. The lowest BCUT2D eigenvalue weighted by Crippen LogP contribution is -2.28. The number of carboxylic acids is 1. The van der Waals surface area contributed by atoms with Gasteiger partial charge in [0.1, 0.15) is 18.1 Å². The molecule has 53 heavy (non-hydrogen) atoms. The van der Waals surface area contributed by atoms with Crippen LogP contribution in [0.1, 0.15) is 103 Å². The number of hydrogen-bond acceptors (Lipinski definition) is 6. The van der Waals surface area contributed by atoms with Crippen LogP contribution in [0.4, 0.5) is 11.4 Å². The molecule has 2 heterocycles. The molecule has 0 bridgehead atoms. The molecule has 1 atom stereocenters. The van der Waals surface area contributed by atoms with Crippen molar-refractivity contribution < 1.29 is 37.0 Å². The number of fused-ring (bicyclic) bond motifs is 2. The summed E-state index contributed by atoms with van der Waals surface area (Å²) in [7, 11) is -4.38. The first-order chi connectivity index (χ1) is 24.9. The summed E-state index contributed by atoms with van der Waals surface area (Å²) < 4.78 is 36.0. The number of aliphatic carboxylic acids is 1. The minimum atomic E-state index is -4.38. The lowest BCUT2D eigenvalue weighted by atomic mass is 9.81. The Bertz CT molecular complexity index is 2000. The topological polar surface area (TPSA) is 132 Å². The fourth-order valence-electron chi connectivity index (χ4n) is 7.56. The molecule has 10 heteroatoms. The molecule has 0 saturated carbocycles. The highest BCUT2D eigenvalue weighted by Crippen LogP contribution is 2.48. The first-order valence-corrected chi connectivity index (χ1v) is 19.9. The van der Waals surface area contributed by atoms with E-state index < -0.39 is 27.4 Å². The number of rotatable bonds is 18. The fourth-order valence-corrected chi connectivity index (χ4v) is 8.07. The third kappa shape index (κ3) is 9.78. The normalized spacial score (nSPS) is 17.7. The summed E-state index contributed by atoms with van der Waals surface area (Å²) in [5.74, 6) is -1.74. The first-order valence-electron chi connectivity index (χ1n) is 18.5. The van der Waals surface area contributed by atoms with Gasteiger partial charge in [-0.05, 0) is 83.7 Å². The van der Waals surface area contributed by atoms with Crippen LogP contribution < -0.4 is 4.90 Å². The van der Waals surface area contributed by atoms with Crippen molar-refractivity contribution in [3.8, 4) is 0 Å². The number of anilines is 1. The van der Waals surface area contributed by atoms with Crippen molar-refractivity contribution in [1.82, 2.24) is 0 Å². The molecule has 2 aromatic carbocycles. The largest absolute Gasteiger partial charge is 0.481 e. The average molecular weight is 744 g/mol. The van der Waals surface area contributed by atoms with Crippen LogP contribution in [-0.2, 0) is 35.3 Å². The van der Waals surface area contributed by atoms with E-state index in [4.69, 9.17) is 5.11 Å². The van der Waals surface area contributed by atoms with E-state index in [2.05, 4.69) is 67.5 Å². The standard InChI is InChI=1S/C43H54N2O7S/c1-8-44-37-23-20-30(2)27-35(37)42(4,5)39(44)18-14-10-9-11-15-19-40-43(6,7)36-29-34(53(50,51)52)22-24-38(36)45(40)26-16-12-13-17-33(47)28-32(31(3)46)21-25-41(48)49/h9-11,14-15,18-20,22-24,27,29,32H,8,12-13,16-17,21,25-26,28H2,1-7H3,(H-,48,49,50,51,52)/p+1. The predicted octanol–water partition coefficient (Wildman–Crippen LogP) is 8.58. The zero-order chi connectivity index (χ0) is 39.1. The summed E-state index contributed by atoms with van der Waals surface area (Å²) in [4.78, 5) is 37.7. The minimum Gasteiger partial charge on any atom is -0.481 e. The lowest BCUT2D eigenvalue weighted by molar-refractivity contribution is -0.438. The van der Waals surface area contributed by atoms with Crippen LogP contribution in [0, 0.1) is 12.8 Å². The summed E-state index contributed by atoms with van der Waals surface area (Å²) in [6, 6.07) is 11.3. The first kappa shape index (κ1) is 41.3. The van der Waals surface area contributed by atoms with E-state index in [0.717, 1.165) is 36.3 Å². The molecule has 9 nitrogen and oxygen atoms in total. The van der Waals surface area contributed by atoms with Crippen molar-refractivity contribution in [1.29, 1.82) is 0 Å². The Balaban J connectivity index is 1.47. The maximum Gasteiger partial charge on any atom is 0.303 e.